The molecule has 2 atom stereocenters. The molecule has 102 valence electrons. The number of carbonyl (C=O) groups excluding carboxylic acids is 1. The normalized spacial score (nSPS) is 28.6. The number of rotatable bonds is 3. The summed E-state index contributed by atoms with van der Waals surface area (Å²) in [6.07, 6.45) is 2.60. The molecule has 1 aromatic carbocycles. The van der Waals surface area contributed by atoms with Crippen molar-refractivity contribution in [2.45, 2.75) is 31.3 Å². The van der Waals surface area contributed by atoms with Gasteiger partial charge in [-0.2, -0.15) is 0 Å². The largest absolute Gasteiger partial charge is 0.300 e. The Kier molecular flexibility index (Phi) is 3.67. The summed E-state index contributed by atoms with van der Waals surface area (Å²) in [5, 5.41) is 0. The highest BCUT2D eigenvalue weighted by Gasteiger charge is 2.37. The van der Waals surface area contributed by atoms with Gasteiger partial charge in [-0.25, -0.2) is 0 Å². The van der Waals surface area contributed by atoms with Crippen LogP contribution in [0.1, 0.15) is 18.4 Å². The van der Waals surface area contributed by atoms with Gasteiger partial charge in [0, 0.05) is 44.6 Å². The Labute approximate surface area is 115 Å². The summed E-state index contributed by atoms with van der Waals surface area (Å²) < 4.78 is 0. The van der Waals surface area contributed by atoms with Crippen molar-refractivity contribution in [1.82, 2.24) is 9.80 Å². The lowest BCUT2D eigenvalue weighted by Gasteiger charge is -2.48. The highest BCUT2D eigenvalue weighted by atomic mass is 16.1. The lowest BCUT2D eigenvalue weighted by molar-refractivity contribution is -0.128. The van der Waals surface area contributed by atoms with E-state index >= 15 is 0 Å². The topological polar surface area (TPSA) is 23.6 Å². The summed E-state index contributed by atoms with van der Waals surface area (Å²) >= 11 is 0. The maximum Gasteiger partial charge on any atom is 0.136 e. The highest BCUT2D eigenvalue weighted by Crippen LogP contribution is 2.25. The maximum atomic E-state index is 11.7. The van der Waals surface area contributed by atoms with Crippen molar-refractivity contribution in [1.29, 1.82) is 0 Å². The van der Waals surface area contributed by atoms with Gasteiger partial charge in [0.25, 0.3) is 0 Å². The molecule has 3 rings (SSSR count). The van der Waals surface area contributed by atoms with Gasteiger partial charge in [-0.05, 0) is 19.0 Å². The molecule has 2 aliphatic rings. The van der Waals surface area contributed by atoms with Crippen molar-refractivity contribution in [3.8, 4) is 0 Å². The molecule has 3 heteroatoms. The third-order valence-electron chi connectivity index (χ3n) is 4.58. The zero-order valence-electron chi connectivity index (χ0n) is 11.6. The van der Waals surface area contributed by atoms with E-state index in [0.29, 0.717) is 17.9 Å². The molecule has 0 saturated carbocycles. The molecule has 2 saturated heterocycles. The summed E-state index contributed by atoms with van der Waals surface area (Å²) in [5.74, 6) is 0.454. The number of fused-ring (bicyclic) bond motifs is 2. The first-order valence-electron chi connectivity index (χ1n) is 7.22. The second-order valence-corrected chi connectivity index (χ2v) is 5.92. The number of ketones is 1. The molecule has 2 fully saturated rings. The first-order chi connectivity index (χ1) is 9.22. The van der Waals surface area contributed by atoms with E-state index in [1.54, 1.807) is 0 Å². The molecule has 0 spiro atoms. The van der Waals surface area contributed by atoms with E-state index in [1.807, 2.05) is 0 Å². The summed E-state index contributed by atoms with van der Waals surface area (Å²) in [6.45, 7) is 3.20. The molecule has 3 nitrogen and oxygen atoms in total. The zero-order valence-corrected chi connectivity index (χ0v) is 11.6. The van der Waals surface area contributed by atoms with Crippen molar-refractivity contribution >= 4 is 5.78 Å². The average molecular weight is 258 g/mol. The smallest absolute Gasteiger partial charge is 0.136 e. The molecule has 19 heavy (non-hydrogen) atoms. The Hall–Kier alpha value is -1.19. The molecule has 0 amide bonds. The zero-order chi connectivity index (χ0) is 13.2. The number of benzene rings is 1. The van der Waals surface area contributed by atoms with Gasteiger partial charge in [0.15, 0.2) is 0 Å². The summed E-state index contributed by atoms with van der Waals surface area (Å²) in [6, 6.07) is 11.5. The van der Waals surface area contributed by atoms with Crippen LogP contribution in [0.4, 0.5) is 0 Å². The average Bonchev–Trinajstić information content (AvgIpc) is 2.40. The predicted octanol–water partition coefficient (Wildman–Crippen LogP) is 1.58. The molecular weight excluding hydrogens is 236 g/mol. The van der Waals surface area contributed by atoms with Crippen molar-refractivity contribution in [2.24, 2.45) is 0 Å². The quantitative estimate of drug-likeness (QED) is 0.822. The van der Waals surface area contributed by atoms with Crippen LogP contribution >= 0.6 is 0 Å². The third kappa shape index (κ3) is 2.88. The fourth-order valence-corrected chi connectivity index (χ4v) is 3.37. The van der Waals surface area contributed by atoms with Crippen LogP contribution in [0.15, 0.2) is 30.3 Å². The van der Waals surface area contributed by atoms with Crippen LogP contribution in [0.3, 0.4) is 0 Å². The first-order valence-corrected chi connectivity index (χ1v) is 7.22. The lowest BCUT2D eigenvalue weighted by Crippen LogP contribution is -2.61. The van der Waals surface area contributed by atoms with E-state index in [9.17, 15) is 4.79 Å². The molecule has 0 N–H and O–H groups in total. The van der Waals surface area contributed by atoms with Crippen molar-refractivity contribution in [2.75, 3.05) is 26.7 Å². The minimum absolute atomic E-state index is 0.441. The molecule has 1 aromatic rings. The van der Waals surface area contributed by atoms with Crippen LogP contribution in [0.5, 0.6) is 0 Å². The third-order valence-corrected chi connectivity index (χ3v) is 4.58. The molecule has 2 heterocycles. The van der Waals surface area contributed by atoms with E-state index in [0.717, 1.165) is 38.9 Å². The summed E-state index contributed by atoms with van der Waals surface area (Å²) in [4.78, 5) is 16.6. The van der Waals surface area contributed by atoms with E-state index in [1.165, 1.54) is 5.56 Å². The number of carbonyl (C=O) groups is 1. The Morgan fingerprint density at radius 2 is 1.74 bits per heavy atom. The second-order valence-electron chi connectivity index (χ2n) is 5.92. The van der Waals surface area contributed by atoms with Crippen molar-refractivity contribution in [3.63, 3.8) is 0 Å². The van der Waals surface area contributed by atoms with Gasteiger partial charge in [-0.3, -0.25) is 14.6 Å². The number of likely N-dealkylation sites (N-methyl/N-ethyl adjacent to an activating group) is 1. The van der Waals surface area contributed by atoms with Crippen LogP contribution in [-0.4, -0.2) is 54.3 Å². The van der Waals surface area contributed by atoms with Gasteiger partial charge in [0.05, 0.1) is 0 Å². The van der Waals surface area contributed by atoms with Gasteiger partial charge in [-0.15, -0.1) is 0 Å². The van der Waals surface area contributed by atoms with Crippen LogP contribution < -0.4 is 0 Å². The minimum Gasteiger partial charge on any atom is -0.300 e. The summed E-state index contributed by atoms with van der Waals surface area (Å²) in [7, 11) is 2.18. The number of nitrogens with zero attached hydrogens (tertiary/aromatic N) is 2. The Morgan fingerprint density at radius 1 is 1.11 bits per heavy atom. The van der Waals surface area contributed by atoms with E-state index in [4.69, 9.17) is 0 Å². The second kappa shape index (κ2) is 5.43. The van der Waals surface area contributed by atoms with E-state index in [2.05, 4.69) is 47.2 Å². The van der Waals surface area contributed by atoms with Gasteiger partial charge in [-0.1, -0.05) is 30.3 Å². The number of piperidine rings is 1. The lowest BCUT2D eigenvalue weighted by atomic mass is 9.91. The van der Waals surface area contributed by atoms with Gasteiger partial charge in [0.2, 0.25) is 0 Å². The molecule has 2 bridgehead atoms. The first kappa shape index (κ1) is 12.8. The Morgan fingerprint density at radius 3 is 2.37 bits per heavy atom. The van der Waals surface area contributed by atoms with Crippen LogP contribution in [0.25, 0.3) is 0 Å². The van der Waals surface area contributed by atoms with E-state index < -0.39 is 0 Å². The van der Waals surface area contributed by atoms with Crippen LogP contribution in [0.2, 0.25) is 0 Å². The maximum absolute atomic E-state index is 11.7. The Balaban J connectivity index is 1.58. The van der Waals surface area contributed by atoms with E-state index in [-0.39, 0.29) is 0 Å². The van der Waals surface area contributed by atoms with Gasteiger partial charge >= 0.3 is 0 Å². The SMILES string of the molecule is CN1C2CC(=O)CC1CN(CCc1ccccc1)C2. The number of Topliss-reactive ketones (excluding diaryl/α,β-unsaturated/α-hetero) is 1. The van der Waals surface area contributed by atoms with Crippen molar-refractivity contribution in [3.05, 3.63) is 35.9 Å². The number of likely N-dealkylation sites (tertiary alicyclic amines) is 1. The standard InChI is InChI=1S/C16H22N2O/c1-17-14-9-16(19)10-15(17)12-18(11-14)8-7-13-5-3-2-4-6-13/h2-6,14-15H,7-12H2,1H3. The van der Waals surface area contributed by atoms with Gasteiger partial charge < -0.3 is 0 Å². The molecule has 0 aromatic heterocycles. The molecule has 2 aliphatic heterocycles. The number of hydrogen-bond acceptors (Lipinski definition) is 3. The number of hydrogen-bond donors (Lipinski definition) is 0. The monoisotopic (exact) mass is 258 g/mol. The van der Waals surface area contributed by atoms with Gasteiger partial charge in [0.1, 0.15) is 5.78 Å². The fraction of sp³-hybridized carbons (Fsp3) is 0.562. The van der Waals surface area contributed by atoms with Crippen molar-refractivity contribution < 1.29 is 4.79 Å². The highest BCUT2D eigenvalue weighted by molar-refractivity contribution is 5.80. The Bertz CT molecular complexity index is 427. The summed E-state index contributed by atoms with van der Waals surface area (Å²) in [5.41, 5.74) is 1.41. The molecule has 2 unspecified atom stereocenters. The molecule has 0 aliphatic carbocycles. The predicted molar refractivity (Wildman–Crippen MR) is 76.2 cm³/mol. The number of piperazine rings is 1. The molecule has 0 radical (unpaired) electrons. The molecular formula is C16H22N2O. The minimum atomic E-state index is 0.441. The fourth-order valence-electron chi connectivity index (χ4n) is 3.37. The van der Waals surface area contributed by atoms with Crippen LogP contribution in [0, 0.1) is 0 Å². The van der Waals surface area contributed by atoms with Crippen LogP contribution in [-0.2, 0) is 11.2 Å².